The molecule has 1 aromatic rings. The Bertz CT molecular complexity index is 349. The van der Waals surface area contributed by atoms with E-state index in [0.29, 0.717) is 5.11 Å². The number of fused-ring (bicyclic) bond motifs is 1. The summed E-state index contributed by atoms with van der Waals surface area (Å²) in [5, 5.41) is 6.52. The summed E-state index contributed by atoms with van der Waals surface area (Å²) in [5.74, 6) is 0. The fraction of sp³-hybridized carbons (Fsp3) is 0.222. The summed E-state index contributed by atoms with van der Waals surface area (Å²) < 4.78 is 0. The summed E-state index contributed by atoms with van der Waals surface area (Å²) in [4.78, 5) is 0. The van der Waals surface area contributed by atoms with E-state index in [1.807, 2.05) is 12.1 Å². The summed E-state index contributed by atoms with van der Waals surface area (Å²) in [6, 6.07) is 6.09. The monoisotopic (exact) mass is 193 g/mol. The first-order valence-electron chi connectivity index (χ1n) is 4.19. The van der Waals surface area contributed by atoms with Crippen molar-refractivity contribution in [3.8, 4) is 0 Å². The van der Waals surface area contributed by atoms with Gasteiger partial charge in [-0.1, -0.05) is 0 Å². The third-order valence-corrected chi connectivity index (χ3v) is 2.18. The maximum absolute atomic E-state index is 5.37. The maximum Gasteiger partial charge on any atom is 0.168 e. The second-order valence-corrected chi connectivity index (χ2v) is 3.48. The molecule has 1 aromatic carbocycles. The minimum Gasteiger partial charge on any atom is -0.384 e. The number of hydrogen-bond donors (Lipinski definition) is 3. The lowest BCUT2D eigenvalue weighted by Gasteiger charge is -2.05. The fourth-order valence-electron chi connectivity index (χ4n) is 1.52. The van der Waals surface area contributed by atoms with E-state index >= 15 is 0 Å². The van der Waals surface area contributed by atoms with Crippen molar-refractivity contribution in [3.63, 3.8) is 0 Å². The van der Waals surface area contributed by atoms with Crippen molar-refractivity contribution in [2.24, 2.45) is 5.73 Å². The Labute approximate surface area is 82.3 Å². The van der Waals surface area contributed by atoms with Gasteiger partial charge in [0.15, 0.2) is 5.11 Å². The predicted octanol–water partition coefficient (Wildman–Crippen LogP) is 1.31. The summed E-state index contributed by atoms with van der Waals surface area (Å²) >= 11 is 4.76. The van der Waals surface area contributed by atoms with Crippen LogP contribution in [-0.2, 0) is 6.42 Å². The summed E-state index contributed by atoms with van der Waals surface area (Å²) in [6.45, 7) is 1.02. The molecule has 0 amide bonds. The molecule has 1 aliphatic rings. The molecule has 0 fully saturated rings. The SMILES string of the molecule is NC(=S)Nc1ccc2c(c1)CCN2. The van der Waals surface area contributed by atoms with E-state index in [9.17, 15) is 0 Å². The number of nitrogens with one attached hydrogen (secondary N) is 2. The highest BCUT2D eigenvalue weighted by Gasteiger charge is 2.09. The quantitative estimate of drug-likeness (QED) is 0.589. The van der Waals surface area contributed by atoms with Gasteiger partial charge in [0, 0.05) is 17.9 Å². The van der Waals surface area contributed by atoms with Crippen molar-refractivity contribution in [1.29, 1.82) is 0 Å². The Kier molecular flexibility index (Phi) is 2.06. The summed E-state index contributed by atoms with van der Waals surface area (Å²) in [5.41, 5.74) is 8.88. The van der Waals surface area contributed by atoms with Gasteiger partial charge in [-0.2, -0.15) is 0 Å². The average molecular weight is 193 g/mol. The van der Waals surface area contributed by atoms with Crippen LogP contribution in [0.15, 0.2) is 18.2 Å². The molecule has 0 aromatic heterocycles. The molecular formula is C9H11N3S. The van der Waals surface area contributed by atoms with Crippen molar-refractivity contribution in [1.82, 2.24) is 0 Å². The van der Waals surface area contributed by atoms with E-state index in [0.717, 1.165) is 18.7 Å². The highest BCUT2D eigenvalue weighted by atomic mass is 32.1. The largest absolute Gasteiger partial charge is 0.384 e. The van der Waals surface area contributed by atoms with Gasteiger partial charge in [0.25, 0.3) is 0 Å². The molecule has 4 N–H and O–H groups in total. The molecule has 0 bridgehead atoms. The van der Waals surface area contributed by atoms with Crippen molar-refractivity contribution < 1.29 is 0 Å². The second-order valence-electron chi connectivity index (χ2n) is 3.04. The van der Waals surface area contributed by atoms with Crippen LogP contribution in [0.3, 0.4) is 0 Å². The number of nitrogens with two attached hydrogens (primary N) is 1. The third-order valence-electron chi connectivity index (χ3n) is 2.08. The van der Waals surface area contributed by atoms with E-state index in [1.165, 1.54) is 11.3 Å². The van der Waals surface area contributed by atoms with E-state index in [-0.39, 0.29) is 0 Å². The van der Waals surface area contributed by atoms with Crippen molar-refractivity contribution in [2.75, 3.05) is 17.2 Å². The van der Waals surface area contributed by atoms with Gasteiger partial charge in [0.05, 0.1) is 0 Å². The Morgan fingerprint density at radius 3 is 3.15 bits per heavy atom. The zero-order valence-electron chi connectivity index (χ0n) is 7.13. The van der Waals surface area contributed by atoms with Crippen LogP contribution in [0.4, 0.5) is 11.4 Å². The number of anilines is 2. The first-order chi connectivity index (χ1) is 6.25. The van der Waals surface area contributed by atoms with Gasteiger partial charge in [-0.25, -0.2) is 0 Å². The molecule has 0 aliphatic carbocycles. The highest BCUT2D eigenvalue weighted by molar-refractivity contribution is 7.80. The van der Waals surface area contributed by atoms with Crippen molar-refractivity contribution in [2.45, 2.75) is 6.42 Å². The number of benzene rings is 1. The zero-order valence-corrected chi connectivity index (χ0v) is 7.95. The van der Waals surface area contributed by atoms with Gasteiger partial charge in [0.2, 0.25) is 0 Å². The molecule has 0 unspecified atom stereocenters. The summed E-state index contributed by atoms with van der Waals surface area (Å²) in [6.07, 6.45) is 1.07. The number of hydrogen-bond acceptors (Lipinski definition) is 2. The predicted molar refractivity (Wildman–Crippen MR) is 59.0 cm³/mol. The molecule has 1 heterocycles. The van der Waals surface area contributed by atoms with Crippen LogP contribution in [0, 0.1) is 0 Å². The molecule has 3 nitrogen and oxygen atoms in total. The normalized spacial score (nSPS) is 13.2. The summed E-state index contributed by atoms with van der Waals surface area (Å²) in [7, 11) is 0. The van der Waals surface area contributed by atoms with Gasteiger partial charge in [-0.15, -0.1) is 0 Å². The molecular weight excluding hydrogens is 182 g/mol. The standard InChI is InChI=1S/C9H11N3S/c10-9(13)12-7-1-2-8-6(5-7)3-4-11-8/h1-2,5,11H,3-4H2,(H3,10,12,13). The Hall–Kier alpha value is -1.29. The molecule has 0 saturated carbocycles. The lowest BCUT2D eigenvalue weighted by Crippen LogP contribution is -2.18. The Balaban J connectivity index is 2.25. The van der Waals surface area contributed by atoms with Crippen LogP contribution < -0.4 is 16.4 Å². The van der Waals surface area contributed by atoms with E-state index < -0.39 is 0 Å². The van der Waals surface area contributed by atoms with Crippen molar-refractivity contribution >= 4 is 28.7 Å². The fourth-order valence-corrected chi connectivity index (χ4v) is 1.64. The van der Waals surface area contributed by atoms with Crippen LogP contribution >= 0.6 is 12.2 Å². The van der Waals surface area contributed by atoms with Crippen LogP contribution in [0.5, 0.6) is 0 Å². The molecule has 2 rings (SSSR count). The topological polar surface area (TPSA) is 50.1 Å². The number of thiocarbonyl (C=S) groups is 1. The average Bonchev–Trinajstić information content (AvgIpc) is 2.49. The molecule has 13 heavy (non-hydrogen) atoms. The van der Waals surface area contributed by atoms with Crippen LogP contribution in [0.25, 0.3) is 0 Å². The lowest BCUT2D eigenvalue weighted by atomic mass is 10.1. The van der Waals surface area contributed by atoms with Gasteiger partial charge >= 0.3 is 0 Å². The zero-order chi connectivity index (χ0) is 9.26. The van der Waals surface area contributed by atoms with Crippen LogP contribution in [-0.4, -0.2) is 11.7 Å². The van der Waals surface area contributed by atoms with E-state index in [1.54, 1.807) is 0 Å². The van der Waals surface area contributed by atoms with Gasteiger partial charge in [-0.3, -0.25) is 0 Å². The smallest absolute Gasteiger partial charge is 0.168 e. The van der Waals surface area contributed by atoms with Gasteiger partial charge in [-0.05, 0) is 42.4 Å². The van der Waals surface area contributed by atoms with Gasteiger partial charge in [0.1, 0.15) is 0 Å². The Morgan fingerprint density at radius 1 is 1.54 bits per heavy atom. The van der Waals surface area contributed by atoms with Crippen molar-refractivity contribution in [3.05, 3.63) is 23.8 Å². The number of rotatable bonds is 1. The third kappa shape index (κ3) is 1.72. The highest BCUT2D eigenvalue weighted by Crippen LogP contribution is 2.24. The lowest BCUT2D eigenvalue weighted by molar-refractivity contribution is 1.11. The minimum absolute atomic E-state index is 0.311. The first-order valence-corrected chi connectivity index (χ1v) is 4.60. The van der Waals surface area contributed by atoms with Gasteiger partial charge < -0.3 is 16.4 Å². The molecule has 0 spiro atoms. The minimum atomic E-state index is 0.311. The van der Waals surface area contributed by atoms with E-state index in [2.05, 4.69) is 16.7 Å². The second kappa shape index (κ2) is 3.22. The first kappa shape index (κ1) is 8.31. The molecule has 4 heteroatoms. The van der Waals surface area contributed by atoms with Crippen LogP contribution in [0.1, 0.15) is 5.56 Å². The van der Waals surface area contributed by atoms with Crippen LogP contribution in [0.2, 0.25) is 0 Å². The molecule has 0 radical (unpaired) electrons. The maximum atomic E-state index is 5.37. The molecule has 0 saturated heterocycles. The molecule has 1 aliphatic heterocycles. The Morgan fingerprint density at radius 2 is 2.38 bits per heavy atom. The molecule has 0 atom stereocenters. The van der Waals surface area contributed by atoms with E-state index in [4.69, 9.17) is 18.0 Å². The molecule has 68 valence electrons.